The average Bonchev–Trinajstić information content (AvgIpc) is 3.53. The zero-order chi connectivity index (χ0) is 25.2. The molecule has 0 aliphatic carbocycles. The molecule has 36 heavy (non-hydrogen) atoms. The number of amides is 1. The molecule has 4 atom stereocenters. The van der Waals surface area contributed by atoms with Gasteiger partial charge in [0.15, 0.2) is 5.78 Å². The third-order valence-electron chi connectivity index (χ3n) is 7.90. The molecule has 0 saturated carbocycles. The Hall–Kier alpha value is -3.49. The molecule has 3 aromatic carbocycles. The minimum Gasteiger partial charge on any atom is -0.324 e. The number of hydrogen-bond donors (Lipinski definition) is 1. The molecule has 2 saturated heterocycles. The van der Waals surface area contributed by atoms with Crippen molar-refractivity contribution in [3.63, 3.8) is 0 Å². The van der Waals surface area contributed by atoms with Crippen LogP contribution in [0.1, 0.15) is 38.5 Å². The van der Waals surface area contributed by atoms with Crippen LogP contribution in [-0.4, -0.2) is 39.2 Å². The Balaban J connectivity index is 1.62. The third-order valence-corrected chi connectivity index (χ3v) is 8.94. The largest absolute Gasteiger partial charge is 0.324 e. The Morgan fingerprint density at radius 1 is 1.11 bits per heavy atom. The molecular weight excluding hydrogens is 474 g/mol. The highest BCUT2D eigenvalue weighted by Crippen LogP contribution is 2.61. The topological polar surface area (TPSA) is 92.5 Å². The van der Waals surface area contributed by atoms with Crippen molar-refractivity contribution in [1.29, 1.82) is 0 Å². The van der Waals surface area contributed by atoms with Crippen LogP contribution in [-0.2, 0) is 10.3 Å². The normalized spacial score (nSPS) is 26.6. The second-order valence-electron chi connectivity index (χ2n) is 9.84. The van der Waals surface area contributed by atoms with Gasteiger partial charge < -0.3 is 5.32 Å². The van der Waals surface area contributed by atoms with Crippen molar-refractivity contribution < 1.29 is 14.5 Å². The first-order valence-corrected chi connectivity index (χ1v) is 13.1. The minimum absolute atomic E-state index is 0.00486. The number of nitrogens with zero attached hydrogens (tertiary/aromatic N) is 2. The molecule has 1 spiro atoms. The van der Waals surface area contributed by atoms with E-state index < -0.39 is 16.4 Å². The fraction of sp³-hybridized carbons (Fsp3) is 0.286. The molecule has 182 valence electrons. The van der Waals surface area contributed by atoms with Gasteiger partial charge in [0.2, 0.25) is 5.91 Å². The Morgan fingerprint density at radius 2 is 1.83 bits per heavy atom. The first-order valence-electron chi connectivity index (χ1n) is 12.0. The number of nitro groups is 1. The SMILES string of the molecule is Cc1cc(C)c2c(c1)[C@]1(C(=O)N2)[C@H](C(=O)c2ccccc2)[C@H](c2ccc([N+](=O)[O-])cc2)[C@@H]2CSCN21. The standard InChI is InChI=1S/C28H25N3O4S/c1-16-12-17(2)25-21(13-16)28(27(33)29-25)24(26(32)19-6-4-3-5-7-19)23(22-14-36-15-30(22)28)18-8-10-20(11-9-18)31(34)35/h3-13,22-24H,14-15H2,1-2H3,(H,29,33)/t22-,23+,24-,28+/m0/s1. The zero-order valence-corrected chi connectivity index (χ0v) is 20.7. The third kappa shape index (κ3) is 3.10. The van der Waals surface area contributed by atoms with E-state index in [4.69, 9.17) is 0 Å². The summed E-state index contributed by atoms with van der Waals surface area (Å²) in [5.41, 5.74) is 3.92. The van der Waals surface area contributed by atoms with Crippen molar-refractivity contribution >= 4 is 34.8 Å². The molecule has 3 aliphatic heterocycles. The van der Waals surface area contributed by atoms with E-state index in [9.17, 15) is 19.7 Å². The smallest absolute Gasteiger partial charge is 0.269 e. The summed E-state index contributed by atoms with van der Waals surface area (Å²) in [7, 11) is 0. The molecule has 6 rings (SSSR count). The number of rotatable bonds is 4. The van der Waals surface area contributed by atoms with Gasteiger partial charge >= 0.3 is 0 Å². The van der Waals surface area contributed by atoms with E-state index in [1.165, 1.54) is 12.1 Å². The number of hydrogen-bond acceptors (Lipinski definition) is 6. The van der Waals surface area contributed by atoms with Gasteiger partial charge in [-0.05, 0) is 25.0 Å². The number of non-ortho nitro benzene ring substituents is 1. The first-order chi connectivity index (χ1) is 17.3. The van der Waals surface area contributed by atoms with Crippen LogP contribution in [0.4, 0.5) is 11.4 Å². The summed E-state index contributed by atoms with van der Waals surface area (Å²) < 4.78 is 0. The number of thioether (sulfide) groups is 1. The molecule has 2 fully saturated rings. The van der Waals surface area contributed by atoms with Crippen molar-refractivity contribution in [2.24, 2.45) is 5.92 Å². The Kier molecular flexibility index (Phi) is 5.28. The summed E-state index contributed by atoms with van der Waals surface area (Å²) in [4.78, 5) is 41.6. The molecule has 3 aromatic rings. The average molecular weight is 500 g/mol. The number of anilines is 1. The second-order valence-corrected chi connectivity index (χ2v) is 10.8. The van der Waals surface area contributed by atoms with Crippen molar-refractivity contribution in [3.05, 3.63) is 105 Å². The Morgan fingerprint density at radius 3 is 2.53 bits per heavy atom. The molecule has 3 aliphatic rings. The molecule has 7 nitrogen and oxygen atoms in total. The second kappa shape index (κ2) is 8.28. The number of ketones is 1. The molecule has 0 unspecified atom stereocenters. The van der Waals surface area contributed by atoms with Gasteiger partial charge in [-0.3, -0.25) is 24.6 Å². The van der Waals surface area contributed by atoms with Crippen LogP contribution < -0.4 is 5.32 Å². The maximum Gasteiger partial charge on any atom is 0.269 e. The van der Waals surface area contributed by atoms with Crippen LogP contribution in [0, 0.1) is 29.9 Å². The number of carbonyl (C=O) groups is 2. The van der Waals surface area contributed by atoms with E-state index in [2.05, 4.69) is 10.2 Å². The molecule has 1 amide bonds. The monoisotopic (exact) mass is 499 g/mol. The van der Waals surface area contributed by atoms with E-state index in [1.54, 1.807) is 36.0 Å². The maximum atomic E-state index is 14.4. The number of fused-ring (bicyclic) bond motifs is 4. The maximum absolute atomic E-state index is 14.4. The van der Waals surface area contributed by atoms with Gasteiger partial charge in [-0.2, -0.15) is 0 Å². The van der Waals surface area contributed by atoms with Gasteiger partial charge in [0.25, 0.3) is 5.69 Å². The van der Waals surface area contributed by atoms with E-state index >= 15 is 0 Å². The number of Topliss-reactive ketones (excluding diaryl/α,β-unsaturated/α-hetero) is 1. The van der Waals surface area contributed by atoms with Crippen LogP contribution in [0.3, 0.4) is 0 Å². The number of nitrogens with one attached hydrogen (secondary N) is 1. The summed E-state index contributed by atoms with van der Waals surface area (Å²) in [6, 6.07) is 19.7. The lowest BCUT2D eigenvalue weighted by molar-refractivity contribution is -0.384. The Labute approximate surface area is 213 Å². The summed E-state index contributed by atoms with van der Waals surface area (Å²) in [5, 5.41) is 14.4. The lowest BCUT2D eigenvalue weighted by atomic mass is 9.69. The van der Waals surface area contributed by atoms with Crippen LogP contribution >= 0.6 is 11.8 Å². The van der Waals surface area contributed by atoms with E-state index in [1.807, 2.05) is 44.2 Å². The zero-order valence-electron chi connectivity index (χ0n) is 19.9. The quantitative estimate of drug-likeness (QED) is 0.308. The predicted octanol–water partition coefficient (Wildman–Crippen LogP) is 5.03. The van der Waals surface area contributed by atoms with E-state index in [0.29, 0.717) is 11.4 Å². The molecule has 8 heteroatoms. The van der Waals surface area contributed by atoms with Crippen LogP contribution in [0.2, 0.25) is 0 Å². The molecule has 0 bridgehead atoms. The van der Waals surface area contributed by atoms with Crippen LogP contribution in [0.5, 0.6) is 0 Å². The van der Waals surface area contributed by atoms with Crippen LogP contribution in [0.15, 0.2) is 66.7 Å². The van der Waals surface area contributed by atoms with Crippen molar-refractivity contribution in [2.45, 2.75) is 31.3 Å². The van der Waals surface area contributed by atoms with Crippen molar-refractivity contribution in [2.75, 3.05) is 16.9 Å². The molecular formula is C28H25N3O4S. The molecule has 0 aromatic heterocycles. The Bertz CT molecular complexity index is 1410. The summed E-state index contributed by atoms with van der Waals surface area (Å²) in [5.74, 6) is 0.167. The van der Waals surface area contributed by atoms with Gasteiger partial charge in [0, 0.05) is 52.5 Å². The fourth-order valence-corrected chi connectivity index (χ4v) is 7.83. The summed E-state index contributed by atoms with van der Waals surface area (Å²) in [6.45, 7) is 3.99. The lowest BCUT2D eigenvalue weighted by Gasteiger charge is -2.36. The molecule has 1 N–H and O–H groups in total. The van der Waals surface area contributed by atoms with Crippen molar-refractivity contribution in [3.8, 4) is 0 Å². The number of benzene rings is 3. The molecule has 0 radical (unpaired) electrons. The fourth-order valence-electron chi connectivity index (χ4n) is 6.51. The molecule has 3 heterocycles. The lowest BCUT2D eigenvalue weighted by Crippen LogP contribution is -2.52. The van der Waals surface area contributed by atoms with E-state index in [-0.39, 0.29) is 29.3 Å². The van der Waals surface area contributed by atoms with Gasteiger partial charge in [-0.15, -0.1) is 11.8 Å². The van der Waals surface area contributed by atoms with Gasteiger partial charge in [0.1, 0.15) is 5.54 Å². The number of nitro benzene ring substituents is 1. The minimum atomic E-state index is -1.15. The van der Waals surface area contributed by atoms with Crippen LogP contribution in [0.25, 0.3) is 0 Å². The van der Waals surface area contributed by atoms with Gasteiger partial charge in [-0.1, -0.05) is 60.2 Å². The predicted molar refractivity (Wildman–Crippen MR) is 139 cm³/mol. The summed E-state index contributed by atoms with van der Waals surface area (Å²) in [6.07, 6.45) is 0. The van der Waals surface area contributed by atoms with Crippen molar-refractivity contribution in [1.82, 2.24) is 4.90 Å². The first kappa shape index (κ1) is 22.9. The van der Waals surface area contributed by atoms with Gasteiger partial charge in [-0.25, -0.2) is 0 Å². The number of carbonyl (C=O) groups excluding carboxylic acids is 2. The highest BCUT2D eigenvalue weighted by Gasteiger charge is 2.69. The number of aryl methyl sites for hydroxylation is 2. The highest BCUT2D eigenvalue weighted by molar-refractivity contribution is 7.99. The van der Waals surface area contributed by atoms with E-state index in [0.717, 1.165) is 33.7 Å². The van der Waals surface area contributed by atoms with Gasteiger partial charge in [0.05, 0.1) is 10.8 Å². The highest BCUT2D eigenvalue weighted by atomic mass is 32.2. The summed E-state index contributed by atoms with van der Waals surface area (Å²) >= 11 is 1.75.